The first-order valence-corrected chi connectivity index (χ1v) is 12.2. The van der Waals surface area contributed by atoms with Crippen LogP contribution in [0, 0.1) is 0 Å². The molecule has 7 N–H and O–H groups in total. The zero-order valence-electron chi connectivity index (χ0n) is 20.2. The van der Waals surface area contributed by atoms with E-state index >= 15 is 0 Å². The maximum atomic E-state index is 13.2. The number of nitrogens with one attached hydrogen (secondary N) is 2. The number of aromatic amines is 1. The van der Waals surface area contributed by atoms with Crippen molar-refractivity contribution < 1.29 is 19.4 Å². The summed E-state index contributed by atoms with van der Waals surface area (Å²) in [6.45, 7) is 3.69. The molecule has 190 valence electrons. The quantitative estimate of drug-likeness (QED) is 0.199. The van der Waals surface area contributed by atoms with Gasteiger partial charge in [-0.3, -0.25) is 19.8 Å². The minimum absolute atomic E-state index is 0.269. The van der Waals surface area contributed by atoms with Crippen LogP contribution in [0.2, 0.25) is 0 Å². The summed E-state index contributed by atoms with van der Waals surface area (Å²) in [6, 6.07) is 10.8. The van der Waals surface area contributed by atoms with E-state index in [0.29, 0.717) is 48.8 Å². The zero-order valence-corrected chi connectivity index (χ0v) is 20.2. The average Bonchev–Trinajstić information content (AvgIpc) is 3.51. The molecule has 37 heavy (non-hydrogen) atoms. The summed E-state index contributed by atoms with van der Waals surface area (Å²) in [6.07, 6.45) is 2.91. The lowest BCUT2D eigenvalue weighted by Crippen LogP contribution is -2.41. The number of hydrogen-bond donors (Lipinski definition) is 5. The predicted molar refractivity (Wildman–Crippen MR) is 142 cm³/mol. The number of anilines is 2. The summed E-state index contributed by atoms with van der Waals surface area (Å²) in [7, 11) is 0. The number of fused-ring (bicyclic) bond motifs is 2. The van der Waals surface area contributed by atoms with Crippen LogP contribution in [0.4, 0.5) is 11.4 Å². The van der Waals surface area contributed by atoms with Crippen molar-refractivity contribution in [2.45, 2.75) is 12.6 Å². The second kappa shape index (κ2) is 9.07. The molecular formula is C27H28N6O4. The Morgan fingerprint density at radius 1 is 0.919 bits per heavy atom. The number of H-pyrrole nitrogens is 1. The van der Waals surface area contributed by atoms with E-state index in [0.717, 1.165) is 34.9 Å². The number of amides is 2. The second-order valence-corrected chi connectivity index (χ2v) is 9.58. The number of nitrogens with zero attached hydrogens (tertiary/aromatic N) is 2. The number of aliphatic hydroxyl groups excluding tert-OH is 1. The smallest absolute Gasteiger partial charge is 0.259 e. The van der Waals surface area contributed by atoms with Gasteiger partial charge in [0.15, 0.2) is 0 Å². The molecule has 0 bridgehead atoms. The summed E-state index contributed by atoms with van der Waals surface area (Å²) < 4.78 is 7.32. The van der Waals surface area contributed by atoms with Gasteiger partial charge in [-0.2, -0.15) is 0 Å². The van der Waals surface area contributed by atoms with Crippen molar-refractivity contribution in [1.29, 1.82) is 0 Å². The largest absolute Gasteiger partial charge is 0.399 e. The minimum Gasteiger partial charge on any atom is -0.399 e. The van der Waals surface area contributed by atoms with E-state index in [1.165, 1.54) is 0 Å². The normalized spacial score (nSPS) is 17.8. The molecule has 6 rings (SSSR count). The van der Waals surface area contributed by atoms with Crippen molar-refractivity contribution in [2.75, 3.05) is 44.3 Å². The zero-order chi connectivity index (χ0) is 25.7. The molecule has 0 radical (unpaired) electrons. The Morgan fingerprint density at radius 3 is 2.35 bits per heavy atom. The molecule has 10 heteroatoms. The highest BCUT2D eigenvalue weighted by atomic mass is 16.5. The minimum atomic E-state index is -0.636. The molecule has 0 aliphatic carbocycles. The number of imide groups is 1. The number of β-amino-alcohol motifs (C(OH)–C–C–N with tert-alkyl or cyclic N) is 1. The van der Waals surface area contributed by atoms with Crippen molar-refractivity contribution in [1.82, 2.24) is 19.8 Å². The fraction of sp³-hybridized carbons (Fsp3) is 0.259. The van der Waals surface area contributed by atoms with Gasteiger partial charge in [-0.25, -0.2) is 0 Å². The number of rotatable bonds is 6. The van der Waals surface area contributed by atoms with Crippen LogP contribution in [0.25, 0.3) is 33.0 Å². The van der Waals surface area contributed by atoms with Gasteiger partial charge in [-0.15, -0.1) is 0 Å². The van der Waals surface area contributed by atoms with Gasteiger partial charge in [0.05, 0.1) is 30.5 Å². The Labute approximate surface area is 212 Å². The van der Waals surface area contributed by atoms with Gasteiger partial charge in [-0.05, 0) is 36.4 Å². The van der Waals surface area contributed by atoms with Crippen molar-refractivity contribution in [2.24, 2.45) is 0 Å². The number of ether oxygens (including phenoxy) is 1. The monoisotopic (exact) mass is 500 g/mol. The molecule has 2 aromatic heterocycles. The Balaban J connectivity index is 1.47. The third-order valence-corrected chi connectivity index (χ3v) is 7.06. The van der Waals surface area contributed by atoms with Gasteiger partial charge in [-0.1, -0.05) is 0 Å². The van der Waals surface area contributed by atoms with Crippen LogP contribution in [0.5, 0.6) is 0 Å². The van der Waals surface area contributed by atoms with Crippen molar-refractivity contribution >= 4 is 56.1 Å². The van der Waals surface area contributed by atoms with E-state index in [9.17, 15) is 14.7 Å². The van der Waals surface area contributed by atoms with E-state index in [4.69, 9.17) is 16.2 Å². The number of morpholine rings is 1. The third kappa shape index (κ3) is 4.14. The number of carbonyl (C=O) groups is 2. The number of aliphatic hydroxyl groups is 1. The van der Waals surface area contributed by atoms with Crippen LogP contribution in [-0.4, -0.2) is 70.3 Å². The van der Waals surface area contributed by atoms with Crippen molar-refractivity contribution in [3.05, 3.63) is 59.9 Å². The third-order valence-electron chi connectivity index (χ3n) is 7.06. The topological polar surface area (TPSA) is 152 Å². The van der Waals surface area contributed by atoms with E-state index in [-0.39, 0.29) is 11.1 Å². The maximum Gasteiger partial charge on any atom is 0.259 e. The Kier molecular flexibility index (Phi) is 5.71. The predicted octanol–water partition coefficient (Wildman–Crippen LogP) is 1.55. The SMILES string of the molecule is Nc1ccc2[nH]cc(C3=C(c4cn(CC(O)CN5CCOCC5)c5ccc(N)cc45)C(=O)NC3=O)c2c1. The van der Waals surface area contributed by atoms with Gasteiger partial charge in [0.2, 0.25) is 0 Å². The van der Waals surface area contributed by atoms with Crippen LogP contribution in [0.1, 0.15) is 11.1 Å². The molecule has 1 fully saturated rings. The molecule has 2 aliphatic rings. The molecule has 0 saturated carbocycles. The van der Waals surface area contributed by atoms with Crippen LogP contribution in [0.15, 0.2) is 48.8 Å². The molecule has 0 spiro atoms. The number of aromatic nitrogens is 2. The number of nitrogen functional groups attached to an aromatic ring is 2. The summed E-state index contributed by atoms with van der Waals surface area (Å²) in [5, 5.41) is 14.8. The van der Waals surface area contributed by atoms with Gasteiger partial charge in [0, 0.05) is 82.9 Å². The molecule has 10 nitrogen and oxygen atoms in total. The van der Waals surface area contributed by atoms with Crippen molar-refractivity contribution in [3.8, 4) is 0 Å². The average molecular weight is 501 g/mol. The summed E-state index contributed by atoms with van der Waals surface area (Å²) in [4.78, 5) is 31.6. The van der Waals surface area contributed by atoms with Crippen LogP contribution < -0.4 is 16.8 Å². The maximum absolute atomic E-state index is 13.2. The van der Waals surface area contributed by atoms with E-state index < -0.39 is 17.9 Å². The summed E-state index contributed by atoms with van der Waals surface area (Å²) >= 11 is 0. The molecule has 4 heterocycles. The van der Waals surface area contributed by atoms with E-state index in [1.54, 1.807) is 30.5 Å². The summed E-state index contributed by atoms with van der Waals surface area (Å²) in [5.74, 6) is -0.950. The van der Waals surface area contributed by atoms with E-state index in [2.05, 4.69) is 15.2 Å². The Morgan fingerprint density at radius 2 is 1.59 bits per heavy atom. The van der Waals surface area contributed by atoms with Crippen LogP contribution in [-0.2, 0) is 20.9 Å². The van der Waals surface area contributed by atoms with Gasteiger partial charge in [0.25, 0.3) is 11.8 Å². The number of nitrogens with two attached hydrogens (primary N) is 2. The van der Waals surface area contributed by atoms with Crippen LogP contribution >= 0.6 is 0 Å². The molecule has 1 atom stereocenters. The summed E-state index contributed by atoms with van der Waals surface area (Å²) in [5.41, 5.74) is 16.6. The molecule has 4 aromatic rings. The number of benzene rings is 2. The van der Waals surface area contributed by atoms with Crippen LogP contribution in [0.3, 0.4) is 0 Å². The standard InChI is InChI=1S/C27H28N6O4/c28-15-1-3-22-18(9-15)20(11-30-22)24-25(27(36)31-26(24)35)21-14-33(23-4-2-16(29)10-19(21)23)13-17(34)12-32-5-7-37-8-6-32/h1-4,9-11,14,17,30,34H,5-8,12-13,28-29H2,(H,31,35,36). The molecule has 1 unspecified atom stereocenters. The van der Waals surface area contributed by atoms with Gasteiger partial charge < -0.3 is 30.9 Å². The molecule has 1 saturated heterocycles. The lowest BCUT2D eigenvalue weighted by Gasteiger charge is -2.28. The first-order chi connectivity index (χ1) is 17.9. The second-order valence-electron chi connectivity index (χ2n) is 9.58. The lowest BCUT2D eigenvalue weighted by atomic mass is 9.95. The Bertz CT molecular complexity index is 1580. The number of carbonyl (C=O) groups excluding carboxylic acids is 2. The molecule has 2 aromatic carbocycles. The van der Waals surface area contributed by atoms with Gasteiger partial charge in [0.1, 0.15) is 0 Å². The fourth-order valence-corrected chi connectivity index (χ4v) is 5.35. The molecular weight excluding hydrogens is 472 g/mol. The highest BCUT2D eigenvalue weighted by molar-refractivity contribution is 6.50. The van der Waals surface area contributed by atoms with E-state index in [1.807, 2.05) is 22.9 Å². The first kappa shape index (κ1) is 23.3. The molecule has 2 amide bonds. The first-order valence-electron chi connectivity index (χ1n) is 12.2. The fourth-order valence-electron chi connectivity index (χ4n) is 5.35. The highest BCUT2D eigenvalue weighted by Crippen LogP contribution is 2.39. The Hall–Kier alpha value is -4.12. The highest BCUT2D eigenvalue weighted by Gasteiger charge is 2.35. The van der Waals surface area contributed by atoms with Gasteiger partial charge >= 0.3 is 0 Å². The van der Waals surface area contributed by atoms with Crippen molar-refractivity contribution in [3.63, 3.8) is 0 Å². The molecule has 2 aliphatic heterocycles. The number of hydrogen-bond acceptors (Lipinski definition) is 7. The lowest BCUT2D eigenvalue weighted by molar-refractivity contribution is -0.122.